The Morgan fingerprint density at radius 2 is 1.95 bits per heavy atom. The summed E-state index contributed by atoms with van der Waals surface area (Å²) in [5.74, 6) is -1.21. The number of hydrogen-bond donors (Lipinski definition) is 1. The van der Waals surface area contributed by atoms with Gasteiger partial charge in [-0.05, 0) is 44.6 Å². The van der Waals surface area contributed by atoms with E-state index in [2.05, 4.69) is 0 Å². The highest BCUT2D eigenvalue weighted by Crippen LogP contribution is 2.40. The van der Waals surface area contributed by atoms with Gasteiger partial charge in [0, 0.05) is 12.5 Å². The van der Waals surface area contributed by atoms with Gasteiger partial charge in [0.05, 0.1) is 22.2 Å². The lowest BCUT2D eigenvalue weighted by Gasteiger charge is -2.40. The maximum Gasteiger partial charge on any atom is 0.118 e. The number of likely N-dealkylation sites (N-methyl/N-ethyl adjacent to an activating group) is 1. The summed E-state index contributed by atoms with van der Waals surface area (Å²) in [6, 6.07) is -1.79. The molecular formula is C17H27NO2. The summed E-state index contributed by atoms with van der Waals surface area (Å²) in [6.07, 6.45) is 3.74. The molecule has 0 amide bonds. The van der Waals surface area contributed by atoms with Crippen molar-refractivity contribution >= 4 is 0 Å². The molecule has 1 atom stereocenters. The largest absolute Gasteiger partial charge is 0.497 e. The lowest BCUT2D eigenvalue weighted by atomic mass is 9.72. The van der Waals surface area contributed by atoms with Gasteiger partial charge in [-0.1, -0.05) is 31.3 Å². The van der Waals surface area contributed by atoms with Gasteiger partial charge in [-0.15, -0.1) is 0 Å². The Bertz CT molecular complexity index is 656. The van der Waals surface area contributed by atoms with Crippen LogP contribution >= 0.6 is 0 Å². The van der Waals surface area contributed by atoms with E-state index in [4.69, 9.17) is 14.3 Å². The summed E-state index contributed by atoms with van der Waals surface area (Å²) in [6.45, 7) is 0.354. The fourth-order valence-corrected chi connectivity index (χ4v) is 2.94. The van der Waals surface area contributed by atoms with Gasteiger partial charge < -0.3 is 14.7 Å². The fraction of sp³-hybridized carbons (Fsp3) is 0.647. The maximum absolute atomic E-state index is 11.3. The van der Waals surface area contributed by atoms with Crippen LogP contribution in [0.5, 0.6) is 5.75 Å². The number of benzene rings is 1. The van der Waals surface area contributed by atoms with Crippen molar-refractivity contribution in [1.29, 1.82) is 0 Å². The molecule has 20 heavy (non-hydrogen) atoms. The highest BCUT2D eigenvalue weighted by Gasteiger charge is 2.38. The van der Waals surface area contributed by atoms with Gasteiger partial charge in [-0.25, -0.2) is 0 Å². The van der Waals surface area contributed by atoms with E-state index in [-0.39, 0.29) is 17.6 Å². The highest BCUT2D eigenvalue weighted by atomic mass is 16.5. The van der Waals surface area contributed by atoms with Crippen LogP contribution in [0.4, 0.5) is 0 Å². The average Bonchev–Trinajstić information content (AvgIpc) is 2.56. The molecule has 112 valence electrons. The molecule has 1 fully saturated rings. The molecule has 0 heterocycles. The second-order valence-corrected chi connectivity index (χ2v) is 5.82. The van der Waals surface area contributed by atoms with Crippen LogP contribution in [0.2, 0.25) is 0 Å². The smallest absolute Gasteiger partial charge is 0.118 e. The van der Waals surface area contributed by atoms with Gasteiger partial charge in [-0.3, -0.25) is 0 Å². The predicted octanol–water partition coefficient (Wildman–Crippen LogP) is 3.04. The summed E-state index contributed by atoms with van der Waals surface area (Å²) in [5, 5.41) is 11.3. The Hall–Kier alpha value is -1.06. The van der Waals surface area contributed by atoms with Crippen LogP contribution in [-0.2, 0) is 0 Å². The Balaban J connectivity index is 2.62. The second kappa shape index (κ2) is 6.59. The predicted molar refractivity (Wildman–Crippen MR) is 82.3 cm³/mol. The molecule has 1 unspecified atom stereocenters. The number of ether oxygens (including phenoxy) is 1. The quantitative estimate of drug-likeness (QED) is 0.902. The molecule has 0 aromatic heterocycles. The summed E-state index contributed by atoms with van der Waals surface area (Å²) in [4.78, 5) is 1.84. The highest BCUT2D eigenvalue weighted by molar-refractivity contribution is 5.31. The molecule has 1 N–H and O–H groups in total. The van der Waals surface area contributed by atoms with E-state index in [1.165, 1.54) is 0 Å². The number of rotatable bonds is 5. The van der Waals surface area contributed by atoms with E-state index >= 15 is 0 Å². The zero-order valence-corrected chi connectivity index (χ0v) is 12.1. The van der Waals surface area contributed by atoms with Gasteiger partial charge in [0.2, 0.25) is 0 Å². The monoisotopic (exact) mass is 284 g/mol. The zero-order valence-electron chi connectivity index (χ0n) is 19.1. The van der Waals surface area contributed by atoms with Crippen LogP contribution in [-0.4, -0.2) is 43.3 Å². The molecule has 0 spiro atoms. The van der Waals surface area contributed by atoms with Gasteiger partial charge in [0.25, 0.3) is 0 Å². The molecule has 3 nitrogen and oxygen atoms in total. The first kappa shape index (κ1) is 8.40. The molecule has 3 heteroatoms. The average molecular weight is 284 g/mol. The third kappa shape index (κ3) is 3.53. The lowest BCUT2D eigenvalue weighted by molar-refractivity contribution is -0.0277. The molecule has 2 rings (SSSR count). The molecule has 0 aliphatic heterocycles. The maximum atomic E-state index is 11.3. The zero-order chi connectivity index (χ0) is 20.6. The van der Waals surface area contributed by atoms with E-state index in [0.717, 1.165) is 19.3 Å². The van der Waals surface area contributed by atoms with Gasteiger partial charge in [0.15, 0.2) is 0 Å². The number of hydrogen-bond acceptors (Lipinski definition) is 3. The minimum Gasteiger partial charge on any atom is -0.497 e. The number of aliphatic hydroxyl groups is 1. The molecular weight excluding hydrogens is 250 g/mol. The van der Waals surface area contributed by atoms with Crippen LogP contribution in [0.15, 0.2) is 24.2 Å². The van der Waals surface area contributed by atoms with Crippen molar-refractivity contribution in [3.63, 3.8) is 0 Å². The molecule has 1 saturated carbocycles. The molecule has 1 aliphatic rings. The molecule has 1 aromatic carbocycles. The summed E-state index contributed by atoms with van der Waals surface area (Å²) < 4.78 is 59.4. The lowest BCUT2D eigenvalue weighted by Crippen LogP contribution is -2.42. The van der Waals surface area contributed by atoms with Crippen molar-refractivity contribution in [2.75, 3.05) is 27.7 Å². The molecule has 0 bridgehead atoms. The van der Waals surface area contributed by atoms with Gasteiger partial charge in [0.1, 0.15) is 5.75 Å². The van der Waals surface area contributed by atoms with E-state index in [0.29, 0.717) is 19.4 Å². The standard InChI is InChI=1S/C17H27NO2/c1-18(2)13-16(17(19)11-5-4-6-12-17)14-7-9-15(20-3)10-8-14/h7-10,16,19H,4-6,11-13H2,1-3H3/i3D3,7D,8D,9D,10D. The molecule has 1 aliphatic carbocycles. The van der Waals surface area contributed by atoms with E-state index in [1.807, 2.05) is 19.0 Å². The van der Waals surface area contributed by atoms with Crippen molar-refractivity contribution in [3.05, 3.63) is 29.7 Å². The first-order chi connectivity index (χ1) is 12.4. The van der Waals surface area contributed by atoms with E-state index in [1.54, 1.807) is 0 Å². The first-order valence-electron chi connectivity index (χ1n) is 10.5. The van der Waals surface area contributed by atoms with Crippen molar-refractivity contribution < 1.29 is 19.4 Å². The fourth-order valence-electron chi connectivity index (χ4n) is 2.94. The second-order valence-electron chi connectivity index (χ2n) is 5.82. The number of methoxy groups -OCH3 is 1. The SMILES string of the molecule is [2H]c1c([2H])c(C(CN(C)C)C2(O)CCCCC2)c([2H])c([2H])c1OC([2H])([2H])[2H]. The van der Waals surface area contributed by atoms with Crippen LogP contribution in [0, 0.1) is 0 Å². The summed E-state index contributed by atoms with van der Waals surface area (Å²) >= 11 is 0. The van der Waals surface area contributed by atoms with Crippen LogP contribution in [0.25, 0.3) is 0 Å². The third-order valence-electron chi connectivity index (χ3n) is 3.99. The van der Waals surface area contributed by atoms with Gasteiger partial charge in [-0.2, -0.15) is 0 Å². The van der Waals surface area contributed by atoms with Gasteiger partial charge >= 0.3 is 0 Å². The summed E-state index contributed by atoms with van der Waals surface area (Å²) in [5.41, 5.74) is -1.01. The Morgan fingerprint density at radius 3 is 2.50 bits per heavy atom. The van der Waals surface area contributed by atoms with Crippen LogP contribution in [0.3, 0.4) is 0 Å². The van der Waals surface area contributed by atoms with Crippen molar-refractivity contribution in [2.45, 2.75) is 43.6 Å². The Labute approximate surface area is 132 Å². The molecule has 1 aromatic rings. The van der Waals surface area contributed by atoms with Crippen molar-refractivity contribution in [3.8, 4) is 5.75 Å². The van der Waals surface area contributed by atoms with E-state index < -0.39 is 36.4 Å². The van der Waals surface area contributed by atoms with Crippen LogP contribution in [0.1, 0.15) is 53.2 Å². The third-order valence-corrected chi connectivity index (χ3v) is 3.99. The number of nitrogens with zero attached hydrogens (tertiary/aromatic N) is 1. The van der Waals surface area contributed by atoms with Crippen molar-refractivity contribution in [1.82, 2.24) is 4.90 Å². The minimum absolute atomic E-state index is 0.112. The summed E-state index contributed by atoms with van der Waals surface area (Å²) in [7, 11) is 0.764. The molecule has 0 radical (unpaired) electrons. The Kier molecular flexibility index (Phi) is 2.77. The molecule has 0 saturated heterocycles. The Morgan fingerprint density at radius 1 is 1.30 bits per heavy atom. The normalized spacial score (nSPS) is 25.5. The topological polar surface area (TPSA) is 32.7 Å². The first-order valence-corrected chi connectivity index (χ1v) is 7.04. The van der Waals surface area contributed by atoms with Crippen LogP contribution < -0.4 is 4.74 Å². The van der Waals surface area contributed by atoms with E-state index in [9.17, 15) is 5.11 Å². The minimum atomic E-state index is -2.88. The van der Waals surface area contributed by atoms with Crippen molar-refractivity contribution in [2.24, 2.45) is 0 Å².